The summed E-state index contributed by atoms with van der Waals surface area (Å²) < 4.78 is 0. The van der Waals surface area contributed by atoms with Gasteiger partial charge < -0.3 is 5.11 Å². The molecule has 2 fully saturated rings. The van der Waals surface area contributed by atoms with Gasteiger partial charge in [-0.3, -0.25) is 14.6 Å². The maximum Gasteiger partial charge on any atom is 0.328 e. The van der Waals surface area contributed by atoms with Crippen molar-refractivity contribution in [2.24, 2.45) is 0 Å². The number of nitrogens with zero attached hydrogens (tertiary/aromatic N) is 2. The van der Waals surface area contributed by atoms with Crippen molar-refractivity contribution >= 4 is 25.5 Å². The zero-order valence-electron chi connectivity index (χ0n) is 11.6. The Labute approximate surface area is 122 Å². The molecule has 21 heavy (non-hydrogen) atoms. The van der Waals surface area contributed by atoms with Gasteiger partial charge in [-0.25, -0.2) is 19.6 Å². The fourth-order valence-corrected chi connectivity index (χ4v) is 3.43. The first kappa shape index (κ1) is 15.9. The average molecular weight is 317 g/mol. The fraction of sp³-hybridized carbons (Fsp3) is 0.583. The van der Waals surface area contributed by atoms with Crippen molar-refractivity contribution in [3.8, 4) is 0 Å². The Bertz CT molecular complexity index is 512. The Morgan fingerprint density at radius 2 is 2.00 bits per heavy atom. The standard InChI is InChI=1S/C12H17N2O6P/c1-21(19,20)7-8-4-5-10(15)13-6-2-3-9(12(17)18)14(13)11(8)16/h7,9,19-20H,2-6H2,1H3/p+1/t9-/m0/s1. The molecule has 0 spiro atoms. The van der Waals surface area contributed by atoms with Gasteiger partial charge in [0.05, 0.1) is 5.57 Å². The SMILES string of the molecule is C[P+](O)(O)C=C1CCC(=O)N2CCC[C@@H](C(=O)O)N2C1=O. The molecule has 3 N–H and O–H groups in total. The number of aliphatic carboxylic acids is 1. The molecular formula is C12H18N2O6P+. The zero-order chi connectivity index (χ0) is 15.8. The third-order valence-electron chi connectivity index (χ3n) is 3.47. The Hall–Kier alpha value is -1.50. The molecule has 2 amide bonds. The fourth-order valence-electron chi connectivity index (χ4n) is 2.60. The summed E-state index contributed by atoms with van der Waals surface area (Å²) in [6.45, 7) is 1.49. The molecule has 2 heterocycles. The summed E-state index contributed by atoms with van der Waals surface area (Å²) in [4.78, 5) is 54.9. The normalized spacial score (nSPS) is 25.9. The maximum atomic E-state index is 12.5. The Morgan fingerprint density at radius 1 is 1.33 bits per heavy atom. The average Bonchev–Trinajstić information content (AvgIpc) is 2.49. The van der Waals surface area contributed by atoms with Gasteiger partial charge in [-0.05, 0) is 19.3 Å². The molecule has 8 nitrogen and oxygen atoms in total. The van der Waals surface area contributed by atoms with E-state index in [1.165, 1.54) is 11.7 Å². The summed E-state index contributed by atoms with van der Waals surface area (Å²) in [5.41, 5.74) is 0.0832. The summed E-state index contributed by atoms with van der Waals surface area (Å²) in [6.07, 6.45) is 0.896. The van der Waals surface area contributed by atoms with Gasteiger partial charge in [0.1, 0.15) is 12.5 Å². The van der Waals surface area contributed by atoms with Gasteiger partial charge in [0, 0.05) is 13.0 Å². The zero-order valence-corrected chi connectivity index (χ0v) is 12.5. The van der Waals surface area contributed by atoms with Crippen molar-refractivity contribution in [2.45, 2.75) is 31.7 Å². The van der Waals surface area contributed by atoms with E-state index in [-0.39, 0.29) is 30.7 Å². The highest BCUT2D eigenvalue weighted by Crippen LogP contribution is 2.49. The number of carbonyl (C=O) groups excluding carboxylic acids is 2. The minimum absolute atomic E-state index is 0.0421. The second kappa shape index (κ2) is 5.71. The topological polar surface area (TPSA) is 118 Å². The molecule has 0 bridgehead atoms. The summed E-state index contributed by atoms with van der Waals surface area (Å²) in [5, 5.41) is 11.4. The minimum Gasteiger partial charge on any atom is -0.480 e. The van der Waals surface area contributed by atoms with E-state index in [4.69, 9.17) is 0 Å². The highest BCUT2D eigenvalue weighted by Gasteiger charge is 2.43. The number of hydrazine groups is 1. The van der Waals surface area contributed by atoms with E-state index in [0.717, 1.165) is 10.8 Å². The molecular weight excluding hydrogens is 299 g/mol. The van der Waals surface area contributed by atoms with Gasteiger partial charge >= 0.3 is 5.97 Å². The van der Waals surface area contributed by atoms with Crippen LogP contribution < -0.4 is 0 Å². The monoisotopic (exact) mass is 317 g/mol. The van der Waals surface area contributed by atoms with Crippen LogP contribution in [0.2, 0.25) is 0 Å². The Kier molecular flexibility index (Phi) is 4.32. The number of rotatable bonds is 2. The highest BCUT2D eigenvalue weighted by molar-refractivity contribution is 7.67. The molecule has 2 rings (SSSR count). The second-order valence-electron chi connectivity index (χ2n) is 5.30. The molecule has 0 unspecified atom stereocenters. The van der Waals surface area contributed by atoms with Crippen LogP contribution >= 0.6 is 7.72 Å². The molecule has 2 aliphatic rings. The van der Waals surface area contributed by atoms with Crippen LogP contribution in [0.5, 0.6) is 0 Å². The van der Waals surface area contributed by atoms with Gasteiger partial charge in [0.2, 0.25) is 5.91 Å². The first-order valence-electron chi connectivity index (χ1n) is 6.61. The van der Waals surface area contributed by atoms with Gasteiger partial charge in [-0.15, -0.1) is 0 Å². The van der Waals surface area contributed by atoms with Gasteiger partial charge in [0.15, 0.2) is 6.04 Å². The second-order valence-corrected chi connectivity index (χ2v) is 7.51. The number of amides is 2. The summed E-state index contributed by atoms with van der Waals surface area (Å²) in [5.74, 6) is -1.07. The first-order valence-corrected chi connectivity index (χ1v) is 8.82. The van der Waals surface area contributed by atoms with E-state index < -0.39 is 25.6 Å². The van der Waals surface area contributed by atoms with E-state index in [9.17, 15) is 29.3 Å². The van der Waals surface area contributed by atoms with Crippen molar-refractivity contribution in [3.63, 3.8) is 0 Å². The molecule has 0 radical (unpaired) electrons. The van der Waals surface area contributed by atoms with Crippen LogP contribution in [0.25, 0.3) is 0 Å². The largest absolute Gasteiger partial charge is 0.480 e. The van der Waals surface area contributed by atoms with E-state index in [0.29, 0.717) is 13.0 Å². The lowest BCUT2D eigenvalue weighted by Gasteiger charge is -2.41. The van der Waals surface area contributed by atoms with E-state index in [1.807, 2.05) is 0 Å². The molecule has 116 valence electrons. The van der Waals surface area contributed by atoms with Crippen LogP contribution in [0.1, 0.15) is 25.7 Å². The summed E-state index contributed by atoms with van der Waals surface area (Å²) >= 11 is 0. The number of carboxylic acid groups (broad SMARTS) is 1. The lowest BCUT2D eigenvalue weighted by molar-refractivity contribution is -0.178. The summed E-state index contributed by atoms with van der Waals surface area (Å²) in [6, 6.07) is -1.10. The molecule has 0 aromatic heterocycles. The van der Waals surface area contributed by atoms with Gasteiger partial charge in [0.25, 0.3) is 13.6 Å². The quantitative estimate of drug-likeness (QED) is 0.485. The number of hydrogen-bond donors (Lipinski definition) is 3. The Morgan fingerprint density at radius 3 is 2.57 bits per heavy atom. The molecule has 2 aliphatic heterocycles. The lowest BCUT2D eigenvalue weighted by atomic mass is 10.1. The highest BCUT2D eigenvalue weighted by atomic mass is 31.2. The molecule has 0 saturated carbocycles. The van der Waals surface area contributed by atoms with Crippen LogP contribution in [0.4, 0.5) is 0 Å². The number of hydrogen-bond acceptors (Lipinski definition) is 5. The van der Waals surface area contributed by atoms with Gasteiger partial charge in [-0.1, -0.05) is 0 Å². The van der Waals surface area contributed by atoms with Crippen molar-refractivity contribution < 1.29 is 29.3 Å². The predicted octanol–water partition coefficient (Wildman–Crippen LogP) is -0.0547. The van der Waals surface area contributed by atoms with E-state index in [1.54, 1.807) is 0 Å². The number of carbonyl (C=O) groups is 3. The van der Waals surface area contributed by atoms with E-state index >= 15 is 0 Å². The van der Waals surface area contributed by atoms with Crippen LogP contribution in [0, 0.1) is 0 Å². The molecule has 2 saturated heterocycles. The molecule has 0 aliphatic carbocycles. The third kappa shape index (κ3) is 3.40. The molecule has 9 heteroatoms. The molecule has 0 aromatic rings. The maximum absolute atomic E-state index is 12.5. The van der Waals surface area contributed by atoms with Crippen molar-refractivity contribution in [1.29, 1.82) is 0 Å². The van der Waals surface area contributed by atoms with Crippen molar-refractivity contribution in [2.75, 3.05) is 13.2 Å². The van der Waals surface area contributed by atoms with Crippen LogP contribution in [-0.4, -0.2) is 61.9 Å². The molecule has 0 aromatic carbocycles. The van der Waals surface area contributed by atoms with Crippen LogP contribution in [0.15, 0.2) is 11.4 Å². The third-order valence-corrected chi connectivity index (χ3v) is 4.27. The summed E-state index contributed by atoms with van der Waals surface area (Å²) in [7, 11) is -3.34. The predicted molar refractivity (Wildman–Crippen MR) is 73.8 cm³/mol. The number of fused-ring (bicyclic) bond motifs is 1. The number of carboxylic acids is 1. The van der Waals surface area contributed by atoms with E-state index in [2.05, 4.69) is 0 Å². The van der Waals surface area contributed by atoms with Crippen molar-refractivity contribution in [3.05, 3.63) is 11.4 Å². The van der Waals surface area contributed by atoms with Crippen LogP contribution in [-0.2, 0) is 14.4 Å². The van der Waals surface area contributed by atoms with Crippen LogP contribution in [0.3, 0.4) is 0 Å². The minimum atomic E-state index is -3.34. The smallest absolute Gasteiger partial charge is 0.328 e. The van der Waals surface area contributed by atoms with Crippen molar-refractivity contribution in [1.82, 2.24) is 10.0 Å². The van der Waals surface area contributed by atoms with Gasteiger partial charge in [-0.2, -0.15) is 0 Å². The first-order chi connectivity index (χ1) is 9.70. The Balaban J connectivity index is 2.42. The molecule has 1 atom stereocenters. The lowest BCUT2D eigenvalue weighted by Crippen LogP contribution is -2.59.